The highest BCUT2D eigenvalue weighted by atomic mass is 32.2. The minimum absolute atomic E-state index is 0.0559. The predicted molar refractivity (Wildman–Crippen MR) is 139 cm³/mol. The first-order valence-electron chi connectivity index (χ1n) is 11.4. The molecule has 34 heavy (non-hydrogen) atoms. The summed E-state index contributed by atoms with van der Waals surface area (Å²) in [7, 11) is -3.17. The SMILES string of the molecule is Cc1cccn2c(=O)c(C=C3SC(=S)N(C4CCS(=O)(=O)C4)C3=O)c(N3CCCC(C)C3)nc12. The number of sulfone groups is 1. The van der Waals surface area contributed by atoms with Crippen molar-refractivity contribution in [1.82, 2.24) is 14.3 Å². The van der Waals surface area contributed by atoms with E-state index in [0.29, 0.717) is 38.6 Å². The molecular weight excluding hydrogens is 492 g/mol. The second-order valence-electron chi connectivity index (χ2n) is 9.34. The lowest BCUT2D eigenvalue weighted by Crippen LogP contribution is -2.39. The third-order valence-corrected chi connectivity index (χ3v) is 9.77. The summed E-state index contributed by atoms with van der Waals surface area (Å²) in [4.78, 5) is 35.7. The fraction of sp³-hybridized carbons (Fsp3) is 0.478. The van der Waals surface area contributed by atoms with Gasteiger partial charge in [0, 0.05) is 19.3 Å². The monoisotopic (exact) mass is 518 g/mol. The molecule has 2 unspecified atom stereocenters. The van der Waals surface area contributed by atoms with E-state index in [0.717, 1.165) is 43.3 Å². The largest absolute Gasteiger partial charge is 0.356 e. The highest BCUT2D eigenvalue weighted by Gasteiger charge is 2.42. The quantitative estimate of drug-likeness (QED) is 0.452. The number of piperidine rings is 1. The van der Waals surface area contributed by atoms with E-state index in [1.54, 1.807) is 18.3 Å². The number of thiocarbonyl (C=S) groups is 1. The predicted octanol–water partition coefficient (Wildman–Crippen LogP) is 2.63. The van der Waals surface area contributed by atoms with Crippen molar-refractivity contribution < 1.29 is 13.2 Å². The first-order chi connectivity index (χ1) is 16.1. The van der Waals surface area contributed by atoms with Crippen LogP contribution in [-0.4, -0.2) is 63.6 Å². The summed E-state index contributed by atoms with van der Waals surface area (Å²) in [6, 6.07) is 3.27. The third-order valence-electron chi connectivity index (χ3n) is 6.69. The van der Waals surface area contributed by atoms with E-state index in [4.69, 9.17) is 17.2 Å². The molecule has 3 saturated heterocycles. The number of nitrogens with zero attached hydrogens (tertiary/aromatic N) is 4. The molecule has 3 aliphatic rings. The molecule has 2 atom stereocenters. The molecule has 8 nitrogen and oxygen atoms in total. The fourth-order valence-electron chi connectivity index (χ4n) is 4.95. The van der Waals surface area contributed by atoms with E-state index < -0.39 is 15.9 Å². The highest BCUT2D eigenvalue weighted by Crippen LogP contribution is 2.37. The zero-order valence-corrected chi connectivity index (χ0v) is 21.5. The van der Waals surface area contributed by atoms with Gasteiger partial charge in [-0.2, -0.15) is 0 Å². The number of hydrogen-bond donors (Lipinski definition) is 0. The average Bonchev–Trinajstić information content (AvgIpc) is 3.27. The van der Waals surface area contributed by atoms with Gasteiger partial charge >= 0.3 is 0 Å². The van der Waals surface area contributed by atoms with Crippen molar-refractivity contribution in [2.75, 3.05) is 29.5 Å². The average molecular weight is 519 g/mol. The summed E-state index contributed by atoms with van der Waals surface area (Å²) in [5.74, 6) is 0.688. The van der Waals surface area contributed by atoms with E-state index in [2.05, 4.69) is 11.8 Å². The molecule has 1 amide bonds. The lowest BCUT2D eigenvalue weighted by atomic mass is 10.00. The second kappa shape index (κ2) is 8.76. The number of carbonyl (C=O) groups excluding carboxylic acids is 1. The Morgan fingerprint density at radius 1 is 1.26 bits per heavy atom. The second-order valence-corrected chi connectivity index (χ2v) is 13.2. The molecule has 3 fully saturated rings. The van der Waals surface area contributed by atoms with Crippen molar-refractivity contribution in [2.24, 2.45) is 5.92 Å². The summed E-state index contributed by atoms with van der Waals surface area (Å²) in [6.07, 6.45) is 5.79. The smallest absolute Gasteiger partial charge is 0.267 e. The first kappa shape index (κ1) is 23.5. The van der Waals surface area contributed by atoms with Gasteiger partial charge in [-0.3, -0.25) is 18.9 Å². The maximum absolute atomic E-state index is 13.6. The molecule has 0 N–H and O–H groups in total. The lowest BCUT2D eigenvalue weighted by molar-refractivity contribution is -0.123. The number of hydrogen-bond acceptors (Lipinski definition) is 8. The van der Waals surface area contributed by atoms with Crippen LogP contribution in [0.25, 0.3) is 11.7 Å². The van der Waals surface area contributed by atoms with E-state index in [1.165, 1.54) is 9.30 Å². The first-order valence-corrected chi connectivity index (χ1v) is 14.4. The van der Waals surface area contributed by atoms with Crippen LogP contribution >= 0.6 is 24.0 Å². The van der Waals surface area contributed by atoms with Crippen LogP contribution in [0, 0.1) is 12.8 Å². The van der Waals surface area contributed by atoms with Crippen LogP contribution in [0.3, 0.4) is 0 Å². The fourth-order valence-corrected chi connectivity index (χ4v) is 8.04. The Balaban J connectivity index is 1.61. The number of fused-ring (bicyclic) bond motifs is 1. The maximum Gasteiger partial charge on any atom is 0.267 e. The Hall–Kier alpha value is -2.24. The topological polar surface area (TPSA) is 92.1 Å². The summed E-state index contributed by atoms with van der Waals surface area (Å²) in [5, 5.41) is 0. The van der Waals surface area contributed by atoms with Crippen molar-refractivity contribution in [1.29, 1.82) is 0 Å². The van der Waals surface area contributed by atoms with Crippen LogP contribution in [0.4, 0.5) is 5.82 Å². The van der Waals surface area contributed by atoms with Crippen molar-refractivity contribution in [3.63, 3.8) is 0 Å². The highest BCUT2D eigenvalue weighted by molar-refractivity contribution is 8.26. The summed E-state index contributed by atoms with van der Waals surface area (Å²) in [5.41, 5.74) is 1.61. The lowest BCUT2D eigenvalue weighted by Gasteiger charge is -2.32. The van der Waals surface area contributed by atoms with Gasteiger partial charge in [-0.25, -0.2) is 13.4 Å². The van der Waals surface area contributed by atoms with Gasteiger partial charge in [0.05, 0.1) is 28.0 Å². The molecule has 0 saturated carbocycles. The van der Waals surface area contributed by atoms with Gasteiger partial charge in [-0.05, 0) is 49.8 Å². The minimum atomic E-state index is -3.17. The van der Waals surface area contributed by atoms with Crippen molar-refractivity contribution in [2.45, 2.75) is 39.2 Å². The van der Waals surface area contributed by atoms with E-state index in [-0.39, 0.29) is 23.0 Å². The van der Waals surface area contributed by atoms with Gasteiger partial charge in [0.1, 0.15) is 15.8 Å². The number of pyridine rings is 1. The number of thioether (sulfide) groups is 1. The number of rotatable bonds is 3. The Kier molecular flexibility index (Phi) is 6.06. The Morgan fingerprint density at radius 3 is 2.76 bits per heavy atom. The number of amides is 1. The number of carbonyl (C=O) groups is 1. The van der Waals surface area contributed by atoms with Gasteiger partial charge in [0.2, 0.25) is 0 Å². The van der Waals surface area contributed by atoms with E-state index in [9.17, 15) is 18.0 Å². The number of aromatic nitrogens is 2. The van der Waals surface area contributed by atoms with Crippen LogP contribution in [-0.2, 0) is 14.6 Å². The van der Waals surface area contributed by atoms with Crippen molar-refractivity contribution >= 4 is 61.6 Å². The van der Waals surface area contributed by atoms with Gasteiger partial charge in [0.15, 0.2) is 9.84 Å². The third kappa shape index (κ3) is 4.18. The summed E-state index contributed by atoms with van der Waals surface area (Å²) >= 11 is 6.56. The number of aryl methyl sites for hydroxylation is 1. The molecule has 2 aromatic heterocycles. The molecule has 0 bridgehead atoms. The van der Waals surface area contributed by atoms with Gasteiger partial charge in [-0.15, -0.1) is 0 Å². The molecule has 0 aromatic carbocycles. The van der Waals surface area contributed by atoms with Crippen LogP contribution in [0.15, 0.2) is 28.0 Å². The van der Waals surface area contributed by atoms with Gasteiger partial charge < -0.3 is 4.90 Å². The van der Waals surface area contributed by atoms with Crippen LogP contribution in [0.1, 0.15) is 37.3 Å². The Morgan fingerprint density at radius 2 is 2.06 bits per heavy atom. The molecular formula is C23H26N4O4S3. The van der Waals surface area contributed by atoms with E-state index >= 15 is 0 Å². The zero-order valence-electron chi connectivity index (χ0n) is 19.1. The molecule has 0 aliphatic carbocycles. The van der Waals surface area contributed by atoms with Crippen molar-refractivity contribution in [3.8, 4) is 0 Å². The Labute approximate surface area is 207 Å². The minimum Gasteiger partial charge on any atom is -0.356 e. The zero-order chi connectivity index (χ0) is 24.2. The van der Waals surface area contributed by atoms with E-state index in [1.807, 2.05) is 13.0 Å². The van der Waals surface area contributed by atoms with Gasteiger partial charge in [0.25, 0.3) is 11.5 Å². The van der Waals surface area contributed by atoms with Crippen LogP contribution in [0.5, 0.6) is 0 Å². The normalized spacial score (nSPS) is 26.2. The molecule has 3 aliphatic heterocycles. The molecule has 5 heterocycles. The molecule has 2 aromatic rings. The van der Waals surface area contributed by atoms with Crippen LogP contribution in [0.2, 0.25) is 0 Å². The summed E-state index contributed by atoms with van der Waals surface area (Å²) < 4.78 is 25.8. The standard InChI is InChI=1S/C23H26N4O4S3/c1-14-5-3-8-25(12-14)20-17(21(28)26-9-4-6-15(2)19(26)24-20)11-18-22(29)27(23(32)33-18)16-7-10-34(30,31)13-16/h4,6,9,11,14,16H,3,5,7-8,10,12-13H2,1-2H3. The molecule has 180 valence electrons. The molecule has 0 spiro atoms. The number of anilines is 1. The Bertz CT molecular complexity index is 1400. The van der Waals surface area contributed by atoms with Gasteiger partial charge in [-0.1, -0.05) is 37.0 Å². The maximum atomic E-state index is 13.6. The van der Waals surface area contributed by atoms with Crippen LogP contribution < -0.4 is 10.5 Å². The summed E-state index contributed by atoms with van der Waals surface area (Å²) in [6.45, 7) is 5.69. The molecule has 0 radical (unpaired) electrons. The molecule has 11 heteroatoms. The van der Waals surface area contributed by atoms with Crippen molar-refractivity contribution in [3.05, 3.63) is 44.7 Å². The molecule has 5 rings (SSSR count).